The normalized spacial score (nSPS) is 24.0. The minimum absolute atomic E-state index is 0.135. The minimum Gasteiger partial charge on any atom is -0.462 e. The summed E-state index contributed by atoms with van der Waals surface area (Å²) < 4.78 is 40.9. The van der Waals surface area contributed by atoms with Gasteiger partial charge in [0, 0.05) is 0 Å². The van der Waals surface area contributed by atoms with E-state index in [4.69, 9.17) is 18.9 Å². The largest absolute Gasteiger partial charge is 0.462 e. The smallest absolute Gasteiger partial charge is 0.421 e. The molecule has 4 atom stereocenters. The lowest BCUT2D eigenvalue weighted by Crippen LogP contribution is -2.46. The Morgan fingerprint density at radius 3 is 2.22 bits per heavy atom. The van der Waals surface area contributed by atoms with Gasteiger partial charge in [0.05, 0.1) is 36.7 Å². The van der Waals surface area contributed by atoms with E-state index in [0.29, 0.717) is 18.4 Å². The van der Waals surface area contributed by atoms with E-state index in [1.54, 1.807) is 6.92 Å². The summed E-state index contributed by atoms with van der Waals surface area (Å²) in [5.41, 5.74) is 6.45. The topological polar surface area (TPSA) is 142 Å². The second-order valence-electron chi connectivity index (χ2n) is 11.9. The summed E-state index contributed by atoms with van der Waals surface area (Å²) in [6.45, 7) is 12.8. The van der Waals surface area contributed by atoms with Crippen LogP contribution < -0.4 is 5.73 Å². The number of hydrogen-bond acceptors (Lipinski definition) is 8. The molecule has 11 heteroatoms. The van der Waals surface area contributed by atoms with Crippen molar-refractivity contribution in [1.82, 2.24) is 5.06 Å². The van der Waals surface area contributed by atoms with Gasteiger partial charge in [-0.1, -0.05) is 45.9 Å². The van der Waals surface area contributed by atoms with Crippen LogP contribution in [0.2, 0.25) is 0 Å². The number of carbonyl (C=O) groups is 3. The molecule has 3 rings (SSSR count). The average molecular weight is 539 g/mol. The zero-order valence-electron chi connectivity index (χ0n) is 22.6. The summed E-state index contributed by atoms with van der Waals surface area (Å²) in [5, 5.41) is 0.789. The molecule has 1 aliphatic carbocycles. The molecule has 2 aliphatic rings. The second-order valence-corrected chi connectivity index (χ2v) is 13.1. The number of primary amides is 1. The highest BCUT2D eigenvalue weighted by Crippen LogP contribution is 2.50. The van der Waals surface area contributed by atoms with Gasteiger partial charge < -0.3 is 10.5 Å². The predicted octanol–water partition coefficient (Wildman–Crippen LogP) is 3.06. The summed E-state index contributed by atoms with van der Waals surface area (Å²) >= 11 is 0. The number of benzene rings is 1. The first kappa shape index (κ1) is 29.1. The number of carbonyl (C=O) groups excluding carboxylic acids is 3. The lowest BCUT2D eigenvalue weighted by atomic mass is 9.64. The number of ether oxygens (including phenoxy) is 1. The monoisotopic (exact) mass is 538 g/mol. The van der Waals surface area contributed by atoms with Crippen LogP contribution in [-0.2, 0) is 33.2 Å². The number of rotatable bonds is 11. The van der Waals surface area contributed by atoms with E-state index >= 15 is 0 Å². The summed E-state index contributed by atoms with van der Waals surface area (Å²) in [6.07, 6.45) is 0.892. The van der Waals surface area contributed by atoms with Crippen molar-refractivity contribution >= 4 is 28.2 Å². The fraction of sp³-hybridized carbons (Fsp3) is 0.654. The molecule has 1 saturated heterocycles. The third-order valence-corrected chi connectivity index (χ3v) is 8.03. The molecule has 1 aromatic rings. The van der Waals surface area contributed by atoms with Crippen LogP contribution in [0.3, 0.4) is 0 Å². The molecule has 1 aromatic carbocycles. The van der Waals surface area contributed by atoms with Gasteiger partial charge in [0.1, 0.15) is 0 Å². The van der Waals surface area contributed by atoms with Crippen LogP contribution in [0.5, 0.6) is 0 Å². The highest BCUT2D eigenvalue weighted by atomic mass is 32.3. The van der Waals surface area contributed by atoms with Gasteiger partial charge in [0.2, 0.25) is 5.91 Å². The van der Waals surface area contributed by atoms with Crippen LogP contribution in [0.25, 0.3) is 0 Å². The molecule has 0 aromatic heterocycles. The molecular weight excluding hydrogens is 500 g/mol. The molecule has 206 valence electrons. The number of hydroxylamine groups is 2. The first-order chi connectivity index (χ1) is 16.9. The van der Waals surface area contributed by atoms with Crippen LogP contribution in [0.4, 0.5) is 0 Å². The van der Waals surface area contributed by atoms with Gasteiger partial charge in [-0.2, -0.15) is 13.5 Å². The summed E-state index contributed by atoms with van der Waals surface area (Å²) in [5.74, 6) is -3.01. The molecule has 1 saturated carbocycles. The van der Waals surface area contributed by atoms with Gasteiger partial charge in [-0.05, 0) is 61.5 Å². The number of nitrogens with two attached hydrogens (primary N) is 1. The maximum Gasteiger partial charge on any atom is 0.421 e. The molecule has 2 N–H and O–H groups in total. The predicted molar refractivity (Wildman–Crippen MR) is 135 cm³/mol. The van der Waals surface area contributed by atoms with E-state index in [-0.39, 0.29) is 19.1 Å². The van der Waals surface area contributed by atoms with Crippen molar-refractivity contribution in [2.75, 3.05) is 13.2 Å². The number of esters is 1. The van der Waals surface area contributed by atoms with Gasteiger partial charge in [-0.15, -0.1) is 4.28 Å². The number of nitrogens with zero attached hydrogens (tertiary/aromatic N) is 1. The van der Waals surface area contributed by atoms with Crippen LogP contribution in [0.15, 0.2) is 18.2 Å². The first-order valence-corrected chi connectivity index (χ1v) is 13.7. The summed E-state index contributed by atoms with van der Waals surface area (Å²) in [4.78, 5) is 36.9. The van der Waals surface area contributed by atoms with Crippen molar-refractivity contribution in [3.05, 3.63) is 34.9 Å². The zero-order chi connectivity index (χ0) is 27.9. The minimum atomic E-state index is -4.54. The second kappa shape index (κ2) is 10.3. The number of amides is 2. The number of hydrogen-bond donors (Lipinski definition) is 1. The van der Waals surface area contributed by atoms with Gasteiger partial charge >= 0.3 is 16.4 Å². The number of fused-ring (bicyclic) bond motifs is 1. The fourth-order valence-corrected chi connectivity index (χ4v) is 6.59. The van der Waals surface area contributed by atoms with E-state index in [2.05, 4.69) is 0 Å². The third kappa shape index (κ3) is 6.50. The Labute approximate surface area is 219 Å². The standard InChI is InChI=1S/C26H38N2O8S/c1-15-9-8-10-16(2)20(15)24(31)34-13-25(4,5)12-26(6,7)14-35-37(32,33)36-28-17(3)18-11-19(22(27)29)21(18)23(28)30/h8-10,17-19,21H,11-14H2,1-7H3,(H2,27,29)/t17-,18-,19+,21?/m0/s1. The Kier molecular flexibility index (Phi) is 8.12. The van der Waals surface area contributed by atoms with E-state index in [9.17, 15) is 22.8 Å². The molecule has 1 heterocycles. The zero-order valence-corrected chi connectivity index (χ0v) is 23.4. The highest BCUT2D eigenvalue weighted by Gasteiger charge is 2.60. The Bertz CT molecular complexity index is 1160. The SMILES string of the molecule is Cc1cccc(C)c1C(=O)OCC(C)(C)CC(C)(C)COS(=O)(=O)ON1C(=O)C2[C@@H](C[C@H]2C(N)=O)[C@@H]1C. The summed E-state index contributed by atoms with van der Waals surface area (Å²) in [7, 11) is -4.54. The average Bonchev–Trinajstić information content (AvgIpc) is 2.89. The molecule has 1 unspecified atom stereocenters. The van der Waals surface area contributed by atoms with Gasteiger partial charge in [0.25, 0.3) is 5.91 Å². The van der Waals surface area contributed by atoms with Crippen molar-refractivity contribution < 1.29 is 36.0 Å². The van der Waals surface area contributed by atoms with Crippen LogP contribution in [0, 0.1) is 42.4 Å². The van der Waals surface area contributed by atoms with Gasteiger partial charge in [-0.3, -0.25) is 9.59 Å². The van der Waals surface area contributed by atoms with Crippen molar-refractivity contribution in [1.29, 1.82) is 0 Å². The van der Waals surface area contributed by atoms with E-state index < -0.39 is 56.9 Å². The van der Waals surface area contributed by atoms with Gasteiger partial charge in [-0.25, -0.2) is 8.98 Å². The van der Waals surface area contributed by atoms with Crippen LogP contribution >= 0.6 is 0 Å². The lowest BCUT2D eigenvalue weighted by molar-refractivity contribution is -0.160. The molecule has 2 amide bonds. The Morgan fingerprint density at radius 2 is 1.65 bits per heavy atom. The van der Waals surface area contributed by atoms with E-state index in [1.165, 1.54) is 0 Å². The molecule has 0 radical (unpaired) electrons. The van der Waals surface area contributed by atoms with Crippen molar-refractivity contribution in [2.24, 2.45) is 34.3 Å². The third-order valence-electron chi connectivity index (χ3n) is 7.28. The van der Waals surface area contributed by atoms with Crippen molar-refractivity contribution in [3.63, 3.8) is 0 Å². The quantitative estimate of drug-likeness (QED) is 0.424. The van der Waals surface area contributed by atoms with Crippen LogP contribution in [0.1, 0.15) is 68.9 Å². The Hall–Kier alpha value is -2.50. The molecule has 37 heavy (non-hydrogen) atoms. The van der Waals surface area contributed by atoms with Crippen molar-refractivity contribution in [2.45, 2.75) is 67.3 Å². The Balaban J connectivity index is 1.54. The van der Waals surface area contributed by atoms with E-state index in [1.807, 2.05) is 59.7 Å². The number of aryl methyl sites for hydroxylation is 2. The molecule has 0 spiro atoms. The molecule has 1 aliphatic heterocycles. The first-order valence-electron chi connectivity index (χ1n) is 12.4. The molecule has 0 bridgehead atoms. The molecule has 2 fully saturated rings. The van der Waals surface area contributed by atoms with Crippen molar-refractivity contribution in [3.8, 4) is 0 Å². The van der Waals surface area contributed by atoms with E-state index in [0.717, 1.165) is 16.2 Å². The molecular formula is C26H38N2O8S. The Morgan fingerprint density at radius 1 is 1.08 bits per heavy atom. The molecule has 10 nitrogen and oxygen atoms in total. The highest BCUT2D eigenvalue weighted by molar-refractivity contribution is 7.81. The van der Waals surface area contributed by atoms with Gasteiger partial charge in [0.15, 0.2) is 0 Å². The van der Waals surface area contributed by atoms with Crippen LogP contribution in [-0.4, -0.2) is 50.5 Å². The lowest BCUT2D eigenvalue weighted by Gasteiger charge is -2.36. The maximum absolute atomic E-state index is 12.7. The fourth-order valence-electron chi connectivity index (χ4n) is 5.68. The summed E-state index contributed by atoms with van der Waals surface area (Å²) in [6, 6.07) is 5.07. The maximum atomic E-state index is 12.7.